The number of ether oxygens (including phenoxy) is 1. The predicted octanol–water partition coefficient (Wildman–Crippen LogP) is 2.36. The molecule has 0 spiro atoms. The highest BCUT2D eigenvalue weighted by molar-refractivity contribution is 5.24. The van der Waals surface area contributed by atoms with Gasteiger partial charge in [0.05, 0.1) is 0 Å². The van der Waals surface area contributed by atoms with E-state index in [1.54, 1.807) is 12.4 Å². The van der Waals surface area contributed by atoms with Crippen LogP contribution in [0.5, 0.6) is 0 Å². The molecule has 1 atom stereocenters. The molecule has 0 aliphatic heterocycles. The molecule has 17 heavy (non-hydrogen) atoms. The highest BCUT2D eigenvalue weighted by Crippen LogP contribution is 2.18. The van der Waals surface area contributed by atoms with E-state index in [1.807, 2.05) is 13.0 Å². The van der Waals surface area contributed by atoms with Gasteiger partial charge in [0.2, 0.25) is 0 Å². The molecule has 0 amide bonds. The fourth-order valence-corrected chi connectivity index (χ4v) is 1.42. The Morgan fingerprint density at radius 2 is 2.18 bits per heavy atom. The Morgan fingerprint density at radius 3 is 2.76 bits per heavy atom. The minimum Gasteiger partial charge on any atom is -0.372 e. The lowest BCUT2D eigenvalue weighted by Crippen LogP contribution is -2.20. The van der Waals surface area contributed by atoms with Crippen molar-refractivity contribution in [1.82, 2.24) is 4.98 Å². The van der Waals surface area contributed by atoms with Crippen molar-refractivity contribution in [3.05, 3.63) is 29.6 Å². The highest BCUT2D eigenvalue weighted by atomic mass is 19.4. The van der Waals surface area contributed by atoms with Crippen molar-refractivity contribution < 1.29 is 17.9 Å². The van der Waals surface area contributed by atoms with Crippen LogP contribution in [0.1, 0.15) is 23.6 Å². The average Bonchev–Trinajstić information content (AvgIpc) is 2.23. The van der Waals surface area contributed by atoms with Crippen LogP contribution in [0.4, 0.5) is 13.2 Å². The van der Waals surface area contributed by atoms with E-state index >= 15 is 0 Å². The maximum Gasteiger partial charge on any atom is 0.411 e. The molecule has 1 heterocycles. The number of aryl methyl sites for hydroxylation is 1. The van der Waals surface area contributed by atoms with Crippen LogP contribution in [0.15, 0.2) is 18.5 Å². The van der Waals surface area contributed by atoms with E-state index in [1.165, 1.54) is 0 Å². The first kappa shape index (κ1) is 13.9. The molecule has 0 saturated heterocycles. The quantitative estimate of drug-likeness (QED) is 0.814. The normalized spacial score (nSPS) is 13.7. The van der Waals surface area contributed by atoms with Crippen LogP contribution < -0.4 is 5.73 Å². The molecule has 1 aromatic rings. The summed E-state index contributed by atoms with van der Waals surface area (Å²) in [5.74, 6) is 0. The van der Waals surface area contributed by atoms with Crippen molar-refractivity contribution in [2.45, 2.75) is 25.6 Å². The lowest BCUT2D eigenvalue weighted by Gasteiger charge is -2.14. The minimum absolute atomic E-state index is 0.0188. The number of nitrogens with zero attached hydrogens (tertiary/aromatic N) is 1. The topological polar surface area (TPSA) is 48.1 Å². The van der Waals surface area contributed by atoms with Gasteiger partial charge in [0.15, 0.2) is 0 Å². The van der Waals surface area contributed by atoms with Crippen LogP contribution in [0.3, 0.4) is 0 Å². The monoisotopic (exact) mass is 248 g/mol. The molecule has 1 unspecified atom stereocenters. The SMILES string of the molecule is Cc1ccncc1C(N)CCOCC(F)(F)F. The van der Waals surface area contributed by atoms with Gasteiger partial charge in [-0.2, -0.15) is 13.2 Å². The summed E-state index contributed by atoms with van der Waals surface area (Å²) in [7, 11) is 0. The molecule has 6 heteroatoms. The molecule has 1 aromatic heterocycles. The summed E-state index contributed by atoms with van der Waals surface area (Å²) in [5, 5.41) is 0. The predicted molar refractivity (Wildman–Crippen MR) is 57.4 cm³/mol. The lowest BCUT2D eigenvalue weighted by molar-refractivity contribution is -0.174. The number of halogens is 3. The fourth-order valence-electron chi connectivity index (χ4n) is 1.42. The summed E-state index contributed by atoms with van der Waals surface area (Å²) in [4.78, 5) is 3.93. The zero-order chi connectivity index (χ0) is 12.9. The third kappa shape index (κ3) is 5.14. The summed E-state index contributed by atoms with van der Waals surface area (Å²) in [6.45, 7) is 0.633. The molecule has 0 radical (unpaired) electrons. The van der Waals surface area contributed by atoms with E-state index in [-0.39, 0.29) is 12.6 Å². The smallest absolute Gasteiger partial charge is 0.372 e. The van der Waals surface area contributed by atoms with Gasteiger partial charge in [-0.3, -0.25) is 4.98 Å². The Kier molecular flexibility index (Phi) is 4.89. The van der Waals surface area contributed by atoms with Crippen LogP contribution in [-0.2, 0) is 4.74 Å². The van der Waals surface area contributed by atoms with Crippen molar-refractivity contribution in [3.63, 3.8) is 0 Å². The van der Waals surface area contributed by atoms with Crippen molar-refractivity contribution in [2.24, 2.45) is 5.73 Å². The van der Waals surface area contributed by atoms with E-state index in [0.717, 1.165) is 11.1 Å². The number of pyridine rings is 1. The van der Waals surface area contributed by atoms with Gasteiger partial charge in [-0.25, -0.2) is 0 Å². The number of aromatic nitrogens is 1. The van der Waals surface area contributed by atoms with E-state index in [9.17, 15) is 13.2 Å². The molecule has 96 valence electrons. The molecule has 2 N–H and O–H groups in total. The van der Waals surface area contributed by atoms with Gasteiger partial charge in [-0.15, -0.1) is 0 Å². The Labute approximate surface area is 97.8 Å². The third-order valence-electron chi connectivity index (χ3n) is 2.32. The van der Waals surface area contributed by atoms with Crippen molar-refractivity contribution >= 4 is 0 Å². The van der Waals surface area contributed by atoms with E-state index < -0.39 is 12.8 Å². The first-order chi connectivity index (χ1) is 7.90. The summed E-state index contributed by atoms with van der Waals surface area (Å²) >= 11 is 0. The number of hydrogen-bond donors (Lipinski definition) is 1. The largest absolute Gasteiger partial charge is 0.411 e. The molecule has 0 fully saturated rings. The lowest BCUT2D eigenvalue weighted by atomic mass is 10.0. The van der Waals surface area contributed by atoms with E-state index in [2.05, 4.69) is 9.72 Å². The Bertz CT molecular complexity index is 355. The van der Waals surface area contributed by atoms with Gasteiger partial charge >= 0.3 is 6.18 Å². The van der Waals surface area contributed by atoms with Gasteiger partial charge in [0.1, 0.15) is 6.61 Å². The number of alkyl halides is 3. The number of rotatable bonds is 5. The van der Waals surface area contributed by atoms with Crippen LogP contribution in [-0.4, -0.2) is 24.4 Å². The summed E-state index contributed by atoms with van der Waals surface area (Å²) < 4.78 is 39.9. The van der Waals surface area contributed by atoms with Crippen LogP contribution >= 0.6 is 0 Å². The van der Waals surface area contributed by atoms with E-state index in [4.69, 9.17) is 5.73 Å². The molecule has 0 aliphatic rings. The van der Waals surface area contributed by atoms with Crippen molar-refractivity contribution in [1.29, 1.82) is 0 Å². The number of hydrogen-bond acceptors (Lipinski definition) is 3. The Balaban J connectivity index is 2.36. The third-order valence-corrected chi connectivity index (χ3v) is 2.32. The molecule has 0 bridgehead atoms. The van der Waals surface area contributed by atoms with Crippen LogP contribution in [0, 0.1) is 6.92 Å². The van der Waals surface area contributed by atoms with Gasteiger partial charge in [-0.05, 0) is 30.5 Å². The summed E-state index contributed by atoms with van der Waals surface area (Å²) in [5.41, 5.74) is 7.66. The van der Waals surface area contributed by atoms with E-state index in [0.29, 0.717) is 6.42 Å². The maximum absolute atomic E-state index is 11.8. The standard InChI is InChI=1S/C11H15F3N2O/c1-8-2-4-16-6-9(8)10(15)3-5-17-7-11(12,13)14/h2,4,6,10H,3,5,7,15H2,1H3. The molecule has 3 nitrogen and oxygen atoms in total. The van der Waals surface area contributed by atoms with Gasteiger partial charge in [0.25, 0.3) is 0 Å². The first-order valence-corrected chi connectivity index (χ1v) is 5.21. The zero-order valence-electron chi connectivity index (χ0n) is 9.50. The fraction of sp³-hybridized carbons (Fsp3) is 0.545. The second kappa shape index (κ2) is 5.97. The summed E-state index contributed by atoms with van der Waals surface area (Å²) in [6, 6.07) is 1.46. The Morgan fingerprint density at radius 1 is 1.47 bits per heavy atom. The van der Waals surface area contributed by atoms with Crippen molar-refractivity contribution in [2.75, 3.05) is 13.2 Å². The van der Waals surface area contributed by atoms with Crippen LogP contribution in [0.25, 0.3) is 0 Å². The minimum atomic E-state index is -4.28. The summed E-state index contributed by atoms with van der Waals surface area (Å²) in [6.07, 6.45) is -0.674. The molecule has 1 rings (SSSR count). The Hall–Kier alpha value is -1.14. The molecule has 0 aromatic carbocycles. The molecular formula is C11H15F3N2O. The highest BCUT2D eigenvalue weighted by Gasteiger charge is 2.27. The molecule has 0 aliphatic carbocycles. The second-order valence-electron chi connectivity index (χ2n) is 3.80. The maximum atomic E-state index is 11.8. The average molecular weight is 248 g/mol. The number of nitrogens with two attached hydrogens (primary N) is 1. The molecular weight excluding hydrogens is 233 g/mol. The second-order valence-corrected chi connectivity index (χ2v) is 3.80. The zero-order valence-corrected chi connectivity index (χ0v) is 9.50. The van der Waals surface area contributed by atoms with Gasteiger partial charge < -0.3 is 10.5 Å². The van der Waals surface area contributed by atoms with Gasteiger partial charge in [-0.1, -0.05) is 0 Å². The molecule has 0 saturated carbocycles. The first-order valence-electron chi connectivity index (χ1n) is 5.21. The van der Waals surface area contributed by atoms with Gasteiger partial charge in [0, 0.05) is 25.0 Å². The van der Waals surface area contributed by atoms with Crippen LogP contribution in [0.2, 0.25) is 0 Å². The van der Waals surface area contributed by atoms with Crippen molar-refractivity contribution in [3.8, 4) is 0 Å².